The zero-order valence-corrected chi connectivity index (χ0v) is 12.5. The van der Waals surface area contributed by atoms with Gasteiger partial charge in [0.05, 0.1) is 26.6 Å². The second kappa shape index (κ2) is 5.63. The van der Waals surface area contributed by atoms with Crippen LogP contribution in [0.3, 0.4) is 0 Å². The fourth-order valence-corrected chi connectivity index (χ4v) is 2.56. The predicted octanol–water partition coefficient (Wildman–Crippen LogP) is 2.01. The van der Waals surface area contributed by atoms with Gasteiger partial charge in [0.25, 0.3) is 5.79 Å². The monoisotopic (exact) mass is 294 g/mol. The van der Waals surface area contributed by atoms with E-state index < -0.39 is 23.6 Å². The van der Waals surface area contributed by atoms with Gasteiger partial charge in [0, 0.05) is 13.8 Å². The topological polar surface area (TPSA) is 71.1 Å². The highest BCUT2D eigenvalue weighted by Gasteiger charge is 2.49. The SMILES string of the molecule is COc1ccc(C2CC(=O)OC2(C)OC(C)=O)cc1OC. The Kier molecular flexibility index (Phi) is 4.06. The molecule has 2 atom stereocenters. The lowest BCUT2D eigenvalue weighted by molar-refractivity contribution is -0.210. The molecule has 6 heteroatoms. The molecule has 0 spiro atoms. The Labute approximate surface area is 122 Å². The van der Waals surface area contributed by atoms with Gasteiger partial charge in [-0.1, -0.05) is 6.07 Å². The zero-order valence-electron chi connectivity index (χ0n) is 12.5. The molecule has 6 nitrogen and oxygen atoms in total. The van der Waals surface area contributed by atoms with Crippen molar-refractivity contribution in [1.82, 2.24) is 0 Å². The first-order chi connectivity index (χ1) is 9.89. The van der Waals surface area contributed by atoms with Crippen molar-refractivity contribution in [2.24, 2.45) is 0 Å². The molecule has 0 radical (unpaired) electrons. The number of carbonyl (C=O) groups excluding carboxylic acids is 2. The van der Waals surface area contributed by atoms with E-state index in [0.29, 0.717) is 11.5 Å². The molecule has 0 aromatic heterocycles. The van der Waals surface area contributed by atoms with Gasteiger partial charge in [-0.15, -0.1) is 0 Å². The Balaban J connectivity index is 2.39. The third-order valence-corrected chi connectivity index (χ3v) is 3.48. The fourth-order valence-electron chi connectivity index (χ4n) is 2.56. The van der Waals surface area contributed by atoms with E-state index in [4.69, 9.17) is 18.9 Å². The summed E-state index contributed by atoms with van der Waals surface area (Å²) < 4.78 is 20.9. The first kappa shape index (κ1) is 15.2. The van der Waals surface area contributed by atoms with Crippen molar-refractivity contribution in [3.63, 3.8) is 0 Å². The van der Waals surface area contributed by atoms with Crippen molar-refractivity contribution in [3.8, 4) is 11.5 Å². The normalized spacial score (nSPS) is 24.4. The fraction of sp³-hybridized carbons (Fsp3) is 0.467. The minimum absolute atomic E-state index is 0.138. The van der Waals surface area contributed by atoms with E-state index in [1.807, 2.05) is 0 Å². The van der Waals surface area contributed by atoms with Gasteiger partial charge in [-0.2, -0.15) is 0 Å². The van der Waals surface area contributed by atoms with Crippen LogP contribution in [0.5, 0.6) is 11.5 Å². The van der Waals surface area contributed by atoms with E-state index >= 15 is 0 Å². The molecule has 1 fully saturated rings. The standard InChI is InChI=1S/C15H18O6/c1-9(16)20-15(2)11(8-14(17)21-15)10-5-6-12(18-3)13(7-10)19-4/h5-7,11H,8H2,1-4H3. The molecule has 0 saturated carbocycles. The molecule has 1 heterocycles. The van der Waals surface area contributed by atoms with Gasteiger partial charge in [0.15, 0.2) is 11.5 Å². The van der Waals surface area contributed by atoms with Gasteiger partial charge in [-0.05, 0) is 17.7 Å². The molecule has 2 rings (SSSR count). The smallest absolute Gasteiger partial charge is 0.310 e. The average Bonchev–Trinajstić information content (AvgIpc) is 2.71. The van der Waals surface area contributed by atoms with Gasteiger partial charge >= 0.3 is 11.9 Å². The summed E-state index contributed by atoms with van der Waals surface area (Å²) in [6.07, 6.45) is 0.138. The van der Waals surface area contributed by atoms with Crippen molar-refractivity contribution < 1.29 is 28.5 Å². The Hall–Kier alpha value is -2.24. The van der Waals surface area contributed by atoms with E-state index in [2.05, 4.69) is 0 Å². The van der Waals surface area contributed by atoms with E-state index in [9.17, 15) is 9.59 Å². The molecule has 1 aromatic carbocycles. The second-order valence-corrected chi connectivity index (χ2v) is 4.95. The Morgan fingerprint density at radius 1 is 1.29 bits per heavy atom. The molecule has 21 heavy (non-hydrogen) atoms. The van der Waals surface area contributed by atoms with Crippen LogP contribution in [0.25, 0.3) is 0 Å². The molecule has 0 N–H and O–H groups in total. The minimum Gasteiger partial charge on any atom is -0.493 e. The first-order valence-electron chi connectivity index (χ1n) is 6.53. The van der Waals surface area contributed by atoms with Gasteiger partial charge in [-0.3, -0.25) is 9.59 Å². The lowest BCUT2D eigenvalue weighted by Crippen LogP contribution is -2.35. The summed E-state index contributed by atoms with van der Waals surface area (Å²) in [7, 11) is 3.08. The van der Waals surface area contributed by atoms with Gasteiger partial charge in [-0.25, -0.2) is 0 Å². The lowest BCUT2D eigenvalue weighted by atomic mass is 9.90. The third-order valence-electron chi connectivity index (χ3n) is 3.48. The van der Waals surface area contributed by atoms with Crippen LogP contribution in [-0.2, 0) is 19.1 Å². The molecular weight excluding hydrogens is 276 g/mol. The zero-order chi connectivity index (χ0) is 15.6. The van der Waals surface area contributed by atoms with Crippen molar-refractivity contribution >= 4 is 11.9 Å². The molecule has 1 aliphatic heterocycles. The number of carbonyl (C=O) groups is 2. The third kappa shape index (κ3) is 2.94. The Morgan fingerprint density at radius 3 is 2.52 bits per heavy atom. The summed E-state index contributed by atoms with van der Waals surface area (Å²) in [6.45, 7) is 2.86. The van der Waals surface area contributed by atoms with Gasteiger partial charge in [0.1, 0.15) is 0 Å². The molecule has 1 saturated heterocycles. The molecule has 0 aliphatic carbocycles. The average molecular weight is 294 g/mol. The van der Waals surface area contributed by atoms with Crippen LogP contribution in [0, 0.1) is 0 Å². The minimum atomic E-state index is -1.30. The predicted molar refractivity (Wildman–Crippen MR) is 73.2 cm³/mol. The highest BCUT2D eigenvalue weighted by molar-refractivity contribution is 5.75. The number of methoxy groups -OCH3 is 2. The maximum atomic E-state index is 11.6. The lowest BCUT2D eigenvalue weighted by Gasteiger charge is -2.28. The summed E-state index contributed by atoms with van der Waals surface area (Å²) in [5.74, 6) is -1.48. The number of hydrogen-bond acceptors (Lipinski definition) is 6. The Morgan fingerprint density at radius 2 is 1.95 bits per heavy atom. The summed E-state index contributed by atoms with van der Waals surface area (Å²) >= 11 is 0. The van der Waals surface area contributed by atoms with Gasteiger partial charge < -0.3 is 18.9 Å². The molecule has 1 aromatic rings. The van der Waals surface area contributed by atoms with E-state index in [-0.39, 0.29) is 6.42 Å². The van der Waals surface area contributed by atoms with Crippen molar-refractivity contribution in [1.29, 1.82) is 0 Å². The summed E-state index contributed by atoms with van der Waals surface area (Å²) in [5, 5.41) is 0. The molecular formula is C15H18O6. The second-order valence-electron chi connectivity index (χ2n) is 4.95. The number of benzene rings is 1. The van der Waals surface area contributed by atoms with Crippen LogP contribution < -0.4 is 9.47 Å². The molecule has 2 unspecified atom stereocenters. The maximum Gasteiger partial charge on any atom is 0.310 e. The van der Waals surface area contributed by atoms with Crippen LogP contribution in [-0.4, -0.2) is 31.9 Å². The van der Waals surface area contributed by atoms with Crippen LogP contribution in [0.4, 0.5) is 0 Å². The van der Waals surface area contributed by atoms with E-state index in [0.717, 1.165) is 5.56 Å². The first-order valence-corrected chi connectivity index (χ1v) is 6.53. The molecule has 0 bridgehead atoms. The summed E-state index contributed by atoms with van der Waals surface area (Å²) in [5.41, 5.74) is 0.780. The van der Waals surface area contributed by atoms with Crippen molar-refractivity contribution in [2.45, 2.75) is 32.0 Å². The van der Waals surface area contributed by atoms with Crippen LogP contribution in [0.15, 0.2) is 18.2 Å². The molecule has 0 amide bonds. The largest absolute Gasteiger partial charge is 0.493 e. The highest BCUT2D eigenvalue weighted by atomic mass is 16.7. The van der Waals surface area contributed by atoms with Crippen LogP contribution in [0.2, 0.25) is 0 Å². The summed E-state index contributed by atoms with van der Waals surface area (Å²) in [4.78, 5) is 22.9. The van der Waals surface area contributed by atoms with Crippen molar-refractivity contribution in [3.05, 3.63) is 23.8 Å². The van der Waals surface area contributed by atoms with Gasteiger partial charge in [0.2, 0.25) is 0 Å². The quantitative estimate of drug-likeness (QED) is 0.791. The van der Waals surface area contributed by atoms with Crippen LogP contribution in [0.1, 0.15) is 31.7 Å². The number of hydrogen-bond donors (Lipinski definition) is 0. The number of cyclic esters (lactones) is 1. The maximum absolute atomic E-state index is 11.6. The van der Waals surface area contributed by atoms with Crippen molar-refractivity contribution in [2.75, 3.05) is 14.2 Å². The highest BCUT2D eigenvalue weighted by Crippen LogP contribution is 2.43. The number of ether oxygens (including phenoxy) is 4. The Bertz CT molecular complexity index is 567. The van der Waals surface area contributed by atoms with E-state index in [1.54, 1.807) is 32.2 Å². The molecule has 114 valence electrons. The van der Waals surface area contributed by atoms with Crippen LogP contribution >= 0.6 is 0 Å². The molecule has 1 aliphatic rings. The van der Waals surface area contributed by atoms with E-state index in [1.165, 1.54) is 14.0 Å². The summed E-state index contributed by atoms with van der Waals surface area (Å²) in [6, 6.07) is 5.30. The number of esters is 2. The number of rotatable bonds is 4.